The number of benzene rings is 1. The number of carbonyl (C=O) groups is 2. The van der Waals surface area contributed by atoms with Crippen LogP contribution in [0.2, 0.25) is 0 Å². The van der Waals surface area contributed by atoms with Crippen LogP contribution in [0, 0.1) is 20.8 Å². The van der Waals surface area contributed by atoms with E-state index in [2.05, 4.69) is 17.4 Å². The molecule has 0 spiro atoms. The number of nitrogens with zero attached hydrogens (tertiary/aromatic N) is 1. The lowest BCUT2D eigenvalue weighted by molar-refractivity contribution is -0.129. The third-order valence-electron chi connectivity index (χ3n) is 3.77. The molecule has 0 radical (unpaired) electrons. The molecular formula is C18H28N2O3. The minimum absolute atomic E-state index is 0.0170. The lowest BCUT2D eigenvalue weighted by Crippen LogP contribution is -2.33. The minimum atomic E-state index is -0.0713. The highest BCUT2D eigenvalue weighted by Gasteiger charge is 2.12. The molecule has 0 unspecified atom stereocenters. The fourth-order valence-corrected chi connectivity index (χ4v) is 2.64. The molecule has 2 amide bonds. The van der Waals surface area contributed by atoms with Gasteiger partial charge in [-0.3, -0.25) is 9.59 Å². The van der Waals surface area contributed by atoms with Gasteiger partial charge in [0.25, 0.3) is 0 Å². The highest BCUT2D eigenvalue weighted by atomic mass is 16.5. The largest absolute Gasteiger partial charge is 0.385 e. The number of nitrogens with one attached hydrogen (secondary N) is 1. The average molecular weight is 320 g/mol. The van der Waals surface area contributed by atoms with Crippen molar-refractivity contribution in [2.45, 2.75) is 40.5 Å². The van der Waals surface area contributed by atoms with Crippen molar-refractivity contribution in [3.05, 3.63) is 28.8 Å². The molecule has 0 aromatic heterocycles. The summed E-state index contributed by atoms with van der Waals surface area (Å²) in [6.45, 7) is 9.19. The SMILES string of the molecule is COCCCN(CCC(=O)Nc1c(C)cc(C)cc1C)C(C)=O. The molecule has 23 heavy (non-hydrogen) atoms. The molecule has 0 aliphatic heterocycles. The first-order chi connectivity index (χ1) is 10.8. The Morgan fingerprint density at radius 2 is 1.74 bits per heavy atom. The van der Waals surface area contributed by atoms with Gasteiger partial charge in [-0.2, -0.15) is 0 Å². The molecule has 1 N–H and O–H groups in total. The highest BCUT2D eigenvalue weighted by molar-refractivity contribution is 5.92. The van der Waals surface area contributed by atoms with E-state index in [0.29, 0.717) is 26.1 Å². The van der Waals surface area contributed by atoms with Gasteiger partial charge in [-0.25, -0.2) is 0 Å². The Balaban J connectivity index is 2.57. The van der Waals surface area contributed by atoms with E-state index in [1.807, 2.05) is 20.8 Å². The number of carbonyl (C=O) groups excluding carboxylic acids is 2. The van der Waals surface area contributed by atoms with Crippen LogP contribution in [0.4, 0.5) is 5.69 Å². The molecule has 128 valence electrons. The number of rotatable bonds is 8. The summed E-state index contributed by atoms with van der Waals surface area (Å²) in [5, 5.41) is 2.97. The lowest BCUT2D eigenvalue weighted by atomic mass is 10.0. The van der Waals surface area contributed by atoms with Crippen LogP contribution in [0.5, 0.6) is 0 Å². The first-order valence-electron chi connectivity index (χ1n) is 7.97. The van der Waals surface area contributed by atoms with Crippen molar-refractivity contribution in [3.8, 4) is 0 Å². The molecule has 0 bridgehead atoms. The Kier molecular flexibility index (Phi) is 7.75. The molecule has 0 heterocycles. The van der Waals surface area contributed by atoms with Gasteiger partial charge in [-0.05, 0) is 38.3 Å². The van der Waals surface area contributed by atoms with Gasteiger partial charge in [-0.15, -0.1) is 0 Å². The van der Waals surface area contributed by atoms with Crippen LogP contribution >= 0.6 is 0 Å². The summed E-state index contributed by atoms with van der Waals surface area (Å²) in [6.07, 6.45) is 1.06. The van der Waals surface area contributed by atoms with E-state index in [4.69, 9.17) is 4.74 Å². The average Bonchev–Trinajstić information content (AvgIpc) is 2.46. The second-order valence-electron chi connectivity index (χ2n) is 5.92. The van der Waals surface area contributed by atoms with Crippen LogP contribution in [0.25, 0.3) is 0 Å². The molecule has 1 rings (SSSR count). The Morgan fingerprint density at radius 1 is 1.13 bits per heavy atom. The second kappa shape index (κ2) is 9.30. The van der Waals surface area contributed by atoms with Crippen LogP contribution in [-0.4, -0.2) is 43.5 Å². The Morgan fingerprint density at radius 3 is 2.26 bits per heavy atom. The second-order valence-corrected chi connectivity index (χ2v) is 5.92. The molecule has 0 saturated heterocycles. The van der Waals surface area contributed by atoms with Gasteiger partial charge in [0, 0.05) is 45.8 Å². The summed E-state index contributed by atoms with van der Waals surface area (Å²) in [7, 11) is 1.64. The molecule has 5 heteroatoms. The lowest BCUT2D eigenvalue weighted by Gasteiger charge is -2.21. The Labute approximate surface area is 139 Å². The van der Waals surface area contributed by atoms with E-state index in [1.54, 1.807) is 12.0 Å². The van der Waals surface area contributed by atoms with E-state index in [1.165, 1.54) is 12.5 Å². The molecule has 1 aromatic carbocycles. The van der Waals surface area contributed by atoms with Crippen molar-refractivity contribution in [1.82, 2.24) is 4.90 Å². The van der Waals surface area contributed by atoms with Crippen molar-refractivity contribution in [3.63, 3.8) is 0 Å². The molecule has 0 aliphatic rings. The van der Waals surface area contributed by atoms with Crippen molar-refractivity contribution in [2.75, 3.05) is 32.1 Å². The Bertz CT molecular complexity index is 532. The van der Waals surface area contributed by atoms with Gasteiger partial charge < -0.3 is 15.0 Å². The normalized spacial score (nSPS) is 10.5. The van der Waals surface area contributed by atoms with Gasteiger partial charge in [0.15, 0.2) is 0 Å². The molecule has 1 aromatic rings. The van der Waals surface area contributed by atoms with E-state index in [-0.39, 0.29) is 11.8 Å². The van der Waals surface area contributed by atoms with Crippen LogP contribution < -0.4 is 5.32 Å². The zero-order chi connectivity index (χ0) is 17.4. The summed E-state index contributed by atoms with van der Waals surface area (Å²) in [6, 6.07) is 4.10. The predicted octanol–water partition coefficient (Wildman–Crippen LogP) is 2.83. The van der Waals surface area contributed by atoms with Crippen molar-refractivity contribution in [2.24, 2.45) is 0 Å². The number of methoxy groups -OCH3 is 1. The zero-order valence-corrected chi connectivity index (χ0v) is 14.9. The maximum Gasteiger partial charge on any atom is 0.226 e. The molecular weight excluding hydrogens is 292 g/mol. The third-order valence-corrected chi connectivity index (χ3v) is 3.77. The van der Waals surface area contributed by atoms with Crippen LogP contribution in [0.1, 0.15) is 36.5 Å². The first kappa shape index (κ1) is 19.2. The third kappa shape index (κ3) is 6.40. The van der Waals surface area contributed by atoms with Gasteiger partial charge in [0.1, 0.15) is 0 Å². The summed E-state index contributed by atoms with van der Waals surface area (Å²) in [4.78, 5) is 25.5. The Hall–Kier alpha value is -1.88. The monoisotopic (exact) mass is 320 g/mol. The first-order valence-corrected chi connectivity index (χ1v) is 7.97. The van der Waals surface area contributed by atoms with Crippen LogP contribution in [-0.2, 0) is 14.3 Å². The van der Waals surface area contributed by atoms with Gasteiger partial charge in [-0.1, -0.05) is 17.7 Å². The van der Waals surface area contributed by atoms with Crippen molar-refractivity contribution >= 4 is 17.5 Å². The molecule has 0 saturated carbocycles. The number of hydrogen-bond donors (Lipinski definition) is 1. The van der Waals surface area contributed by atoms with E-state index < -0.39 is 0 Å². The molecule has 0 aliphatic carbocycles. The summed E-state index contributed by atoms with van der Waals surface area (Å²) in [5.41, 5.74) is 4.16. The fraction of sp³-hybridized carbons (Fsp3) is 0.556. The number of ether oxygens (including phenoxy) is 1. The number of anilines is 1. The summed E-state index contributed by atoms with van der Waals surface area (Å²) < 4.78 is 5.00. The van der Waals surface area contributed by atoms with Gasteiger partial charge in [0.05, 0.1) is 0 Å². The number of amides is 2. The van der Waals surface area contributed by atoms with E-state index in [9.17, 15) is 9.59 Å². The minimum Gasteiger partial charge on any atom is -0.385 e. The fourth-order valence-electron chi connectivity index (χ4n) is 2.64. The van der Waals surface area contributed by atoms with Crippen LogP contribution in [0.3, 0.4) is 0 Å². The highest BCUT2D eigenvalue weighted by Crippen LogP contribution is 2.22. The molecule has 5 nitrogen and oxygen atoms in total. The van der Waals surface area contributed by atoms with Crippen molar-refractivity contribution < 1.29 is 14.3 Å². The standard InChI is InChI=1S/C18H28N2O3/c1-13-11-14(2)18(15(3)12-13)19-17(22)7-9-20(16(4)21)8-6-10-23-5/h11-12H,6-10H2,1-5H3,(H,19,22). The van der Waals surface area contributed by atoms with Gasteiger partial charge in [0.2, 0.25) is 11.8 Å². The number of aryl methyl sites for hydroxylation is 3. The van der Waals surface area contributed by atoms with Crippen LogP contribution in [0.15, 0.2) is 12.1 Å². The maximum atomic E-state index is 12.2. The predicted molar refractivity (Wildman–Crippen MR) is 92.6 cm³/mol. The zero-order valence-electron chi connectivity index (χ0n) is 14.9. The quantitative estimate of drug-likeness (QED) is 0.749. The molecule has 0 fully saturated rings. The van der Waals surface area contributed by atoms with Crippen molar-refractivity contribution in [1.29, 1.82) is 0 Å². The van der Waals surface area contributed by atoms with E-state index in [0.717, 1.165) is 23.2 Å². The van der Waals surface area contributed by atoms with E-state index >= 15 is 0 Å². The summed E-state index contributed by atoms with van der Waals surface area (Å²) >= 11 is 0. The summed E-state index contributed by atoms with van der Waals surface area (Å²) in [5.74, 6) is -0.0883. The smallest absolute Gasteiger partial charge is 0.226 e. The molecule has 0 atom stereocenters. The maximum absolute atomic E-state index is 12.2. The topological polar surface area (TPSA) is 58.6 Å². The van der Waals surface area contributed by atoms with Gasteiger partial charge >= 0.3 is 0 Å². The number of hydrogen-bond acceptors (Lipinski definition) is 3.